The van der Waals surface area contributed by atoms with Gasteiger partial charge in [-0.05, 0) is 35.7 Å². The van der Waals surface area contributed by atoms with Crippen LogP contribution in [0, 0.1) is 5.92 Å². The molecular formula is C16H17N. The van der Waals surface area contributed by atoms with Crippen LogP contribution in [0.2, 0.25) is 0 Å². The minimum Gasteiger partial charge on any atom is -0.305 e. The molecule has 2 aliphatic rings. The lowest BCUT2D eigenvalue weighted by Gasteiger charge is -2.17. The van der Waals surface area contributed by atoms with Gasteiger partial charge in [0.2, 0.25) is 0 Å². The average Bonchev–Trinajstić information content (AvgIpc) is 2.93. The first-order chi connectivity index (χ1) is 8.28. The van der Waals surface area contributed by atoms with E-state index in [1.165, 1.54) is 30.3 Å². The Morgan fingerprint density at radius 1 is 1.12 bits per heavy atom. The van der Waals surface area contributed by atoms with Crippen LogP contribution in [-0.4, -0.2) is 25.0 Å². The van der Waals surface area contributed by atoms with E-state index in [9.17, 15) is 0 Å². The molecule has 0 aromatic heterocycles. The summed E-state index contributed by atoms with van der Waals surface area (Å²) in [6.07, 6.45) is 1.40. The lowest BCUT2D eigenvalue weighted by atomic mass is 9.93. The Balaban J connectivity index is 1.82. The molecule has 2 fully saturated rings. The van der Waals surface area contributed by atoms with Crippen LogP contribution in [0.15, 0.2) is 42.5 Å². The maximum Gasteiger partial charge on any atom is 0.0124 e. The molecule has 0 radical (unpaired) electrons. The highest BCUT2D eigenvalue weighted by Gasteiger charge is 2.59. The van der Waals surface area contributed by atoms with Gasteiger partial charge in [-0.3, -0.25) is 0 Å². The van der Waals surface area contributed by atoms with Gasteiger partial charge in [0.1, 0.15) is 0 Å². The molecular weight excluding hydrogens is 206 g/mol. The van der Waals surface area contributed by atoms with E-state index < -0.39 is 0 Å². The molecule has 0 spiro atoms. The summed E-state index contributed by atoms with van der Waals surface area (Å²) in [4.78, 5) is 2.48. The first kappa shape index (κ1) is 9.67. The number of nitrogens with zero attached hydrogens (tertiary/aromatic N) is 1. The molecule has 4 rings (SSSR count). The smallest absolute Gasteiger partial charge is 0.0124 e. The number of benzene rings is 2. The van der Waals surface area contributed by atoms with E-state index in [4.69, 9.17) is 0 Å². The van der Waals surface area contributed by atoms with Crippen LogP contribution in [-0.2, 0) is 5.41 Å². The minimum absolute atomic E-state index is 0.499. The lowest BCUT2D eigenvalue weighted by molar-refractivity contribution is 0.363. The van der Waals surface area contributed by atoms with Crippen molar-refractivity contribution in [3.8, 4) is 0 Å². The minimum atomic E-state index is 0.499. The van der Waals surface area contributed by atoms with Crippen molar-refractivity contribution in [1.29, 1.82) is 0 Å². The second kappa shape index (κ2) is 3.11. The number of piperidine rings is 1. The number of rotatable bonds is 1. The molecule has 2 aromatic carbocycles. The highest BCUT2D eigenvalue weighted by Crippen LogP contribution is 2.58. The summed E-state index contributed by atoms with van der Waals surface area (Å²) >= 11 is 0. The highest BCUT2D eigenvalue weighted by atomic mass is 15.2. The van der Waals surface area contributed by atoms with E-state index in [1.54, 1.807) is 5.56 Å². The summed E-state index contributed by atoms with van der Waals surface area (Å²) in [6.45, 7) is 2.53. The molecule has 1 nitrogen and oxygen atoms in total. The van der Waals surface area contributed by atoms with Crippen LogP contribution in [0.4, 0.5) is 0 Å². The van der Waals surface area contributed by atoms with Crippen LogP contribution >= 0.6 is 0 Å². The van der Waals surface area contributed by atoms with Crippen molar-refractivity contribution in [3.05, 3.63) is 48.0 Å². The molecule has 2 aromatic rings. The predicted octanol–water partition coefficient (Wildman–Crippen LogP) is 3.04. The Morgan fingerprint density at radius 3 is 2.71 bits per heavy atom. The van der Waals surface area contributed by atoms with Crippen molar-refractivity contribution in [3.63, 3.8) is 0 Å². The Hall–Kier alpha value is -1.34. The Kier molecular flexibility index (Phi) is 1.77. The summed E-state index contributed by atoms with van der Waals surface area (Å²) in [5, 5.41) is 2.75. The third-order valence-corrected chi connectivity index (χ3v) is 4.64. The number of hydrogen-bond acceptors (Lipinski definition) is 1. The van der Waals surface area contributed by atoms with Gasteiger partial charge in [-0.25, -0.2) is 0 Å². The third kappa shape index (κ3) is 1.29. The molecule has 1 saturated carbocycles. The third-order valence-electron chi connectivity index (χ3n) is 4.64. The average molecular weight is 223 g/mol. The SMILES string of the molecule is CN1C[C@H]2C[C@]2(c2ccc3ccccc3c2)C1. The van der Waals surface area contributed by atoms with Crippen molar-refractivity contribution < 1.29 is 0 Å². The predicted molar refractivity (Wildman–Crippen MR) is 71.2 cm³/mol. The largest absolute Gasteiger partial charge is 0.305 e. The van der Waals surface area contributed by atoms with Crippen LogP contribution in [0.3, 0.4) is 0 Å². The fourth-order valence-corrected chi connectivity index (χ4v) is 3.68. The summed E-state index contributed by atoms with van der Waals surface area (Å²) in [5.74, 6) is 0.911. The highest BCUT2D eigenvalue weighted by molar-refractivity contribution is 5.83. The van der Waals surface area contributed by atoms with Gasteiger partial charge < -0.3 is 4.90 Å². The molecule has 1 heteroatoms. The van der Waals surface area contributed by atoms with Gasteiger partial charge >= 0.3 is 0 Å². The monoisotopic (exact) mass is 223 g/mol. The zero-order valence-corrected chi connectivity index (χ0v) is 10.2. The first-order valence-electron chi connectivity index (χ1n) is 6.46. The number of likely N-dealkylation sites (N-methyl/N-ethyl adjacent to an activating group) is 1. The van der Waals surface area contributed by atoms with Crippen LogP contribution < -0.4 is 0 Å². The number of hydrogen-bond donors (Lipinski definition) is 0. The van der Waals surface area contributed by atoms with Crippen molar-refractivity contribution >= 4 is 10.8 Å². The summed E-state index contributed by atoms with van der Waals surface area (Å²) < 4.78 is 0. The standard InChI is InChI=1S/C16H17N/c1-17-10-15-9-16(15,11-17)14-7-6-12-4-2-3-5-13(12)8-14/h2-8,15H,9-11H2,1H3/t15-,16-/m1/s1. The van der Waals surface area contributed by atoms with Gasteiger partial charge in [-0.1, -0.05) is 42.5 Å². The van der Waals surface area contributed by atoms with Crippen LogP contribution in [0.25, 0.3) is 10.8 Å². The molecule has 0 N–H and O–H groups in total. The normalized spacial score (nSPS) is 31.7. The zero-order valence-electron chi connectivity index (χ0n) is 10.2. The van der Waals surface area contributed by atoms with E-state index in [-0.39, 0.29) is 0 Å². The second-order valence-electron chi connectivity index (χ2n) is 5.82. The van der Waals surface area contributed by atoms with Crippen LogP contribution in [0.1, 0.15) is 12.0 Å². The van der Waals surface area contributed by atoms with Gasteiger partial charge in [0.25, 0.3) is 0 Å². The van der Waals surface area contributed by atoms with E-state index >= 15 is 0 Å². The van der Waals surface area contributed by atoms with Gasteiger partial charge in [0.15, 0.2) is 0 Å². The lowest BCUT2D eigenvalue weighted by Crippen LogP contribution is -2.22. The zero-order chi connectivity index (χ0) is 11.5. The fourth-order valence-electron chi connectivity index (χ4n) is 3.68. The molecule has 0 bridgehead atoms. The Bertz CT molecular complexity index is 589. The Morgan fingerprint density at radius 2 is 1.94 bits per heavy atom. The number of likely N-dealkylation sites (tertiary alicyclic amines) is 1. The molecule has 17 heavy (non-hydrogen) atoms. The van der Waals surface area contributed by atoms with Gasteiger partial charge in [-0.2, -0.15) is 0 Å². The topological polar surface area (TPSA) is 3.24 Å². The molecule has 86 valence electrons. The summed E-state index contributed by atoms with van der Waals surface area (Å²) in [5.41, 5.74) is 2.06. The van der Waals surface area contributed by atoms with Crippen LogP contribution in [0.5, 0.6) is 0 Å². The maximum atomic E-state index is 2.48. The number of fused-ring (bicyclic) bond motifs is 2. The van der Waals surface area contributed by atoms with E-state index in [2.05, 4.69) is 54.4 Å². The molecule has 1 heterocycles. The second-order valence-corrected chi connectivity index (χ2v) is 5.82. The quantitative estimate of drug-likeness (QED) is 0.718. The van der Waals surface area contributed by atoms with Crippen molar-refractivity contribution in [2.24, 2.45) is 5.92 Å². The van der Waals surface area contributed by atoms with E-state index in [1.807, 2.05) is 0 Å². The van der Waals surface area contributed by atoms with E-state index in [0.717, 1.165) is 5.92 Å². The van der Waals surface area contributed by atoms with Crippen molar-refractivity contribution in [2.45, 2.75) is 11.8 Å². The molecule has 1 saturated heterocycles. The molecule has 2 atom stereocenters. The van der Waals surface area contributed by atoms with E-state index in [0.29, 0.717) is 5.41 Å². The van der Waals surface area contributed by atoms with Gasteiger partial charge in [0, 0.05) is 18.5 Å². The molecule has 0 amide bonds. The first-order valence-corrected chi connectivity index (χ1v) is 6.46. The van der Waals surface area contributed by atoms with Gasteiger partial charge in [0.05, 0.1) is 0 Å². The summed E-state index contributed by atoms with van der Waals surface area (Å²) in [7, 11) is 2.24. The molecule has 0 unspecified atom stereocenters. The molecule has 1 aliphatic heterocycles. The van der Waals surface area contributed by atoms with Crippen molar-refractivity contribution in [1.82, 2.24) is 4.90 Å². The van der Waals surface area contributed by atoms with Gasteiger partial charge in [-0.15, -0.1) is 0 Å². The Labute approximate surface area is 102 Å². The fraction of sp³-hybridized carbons (Fsp3) is 0.375. The van der Waals surface area contributed by atoms with Crippen molar-refractivity contribution in [2.75, 3.05) is 20.1 Å². The summed E-state index contributed by atoms with van der Waals surface area (Å²) in [6, 6.07) is 15.7. The maximum absolute atomic E-state index is 2.48. The molecule has 1 aliphatic carbocycles.